The second-order valence-corrected chi connectivity index (χ2v) is 5.60. The highest BCUT2D eigenvalue weighted by atomic mass is 19.4. The summed E-state index contributed by atoms with van der Waals surface area (Å²) in [6, 6.07) is 6.36. The Bertz CT molecular complexity index is 736. The molecule has 2 rings (SSSR count). The van der Waals surface area contributed by atoms with E-state index in [1.807, 2.05) is 32.9 Å². The second kappa shape index (κ2) is 7.42. The van der Waals surface area contributed by atoms with Gasteiger partial charge in [0.2, 0.25) is 5.91 Å². The molecular formula is C17H18F3N3O2. The van der Waals surface area contributed by atoms with Gasteiger partial charge in [-0.25, -0.2) is 4.98 Å². The van der Waals surface area contributed by atoms with Gasteiger partial charge in [0, 0.05) is 5.69 Å². The predicted octanol–water partition coefficient (Wildman–Crippen LogP) is 3.96. The lowest BCUT2D eigenvalue weighted by molar-refractivity contribution is -0.274. The Kier molecular flexibility index (Phi) is 5.51. The van der Waals surface area contributed by atoms with Crippen LogP contribution in [0.4, 0.5) is 24.7 Å². The highest BCUT2D eigenvalue weighted by Crippen LogP contribution is 2.23. The number of halogens is 3. The van der Waals surface area contributed by atoms with Crippen molar-refractivity contribution in [2.75, 3.05) is 17.2 Å². The highest BCUT2D eigenvalue weighted by molar-refractivity contribution is 5.95. The van der Waals surface area contributed by atoms with Gasteiger partial charge < -0.3 is 15.4 Å². The Morgan fingerprint density at radius 1 is 1.16 bits per heavy atom. The third-order valence-corrected chi connectivity index (χ3v) is 3.34. The number of hydrogen-bond acceptors (Lipinski definition) is 4. The lowest BCUT2D eigenvalue weighted by Gasteiger charge is -2.13. The molecule has 2 aromatic rings. The number of aryl methyl sites for hydroxylation is 3. The summed E-state index contributed by atoms with van der Waals surface area (Å²) < 4.78 is 40.0. The maximum atomic E-state index is 12.1. The molecule has 0 saturated carbocycles. The van der Waals surface area contributed by atoms with Crippen molar-refractivity contribution < 1.29 is 22.7 Å². The molecule has 134 valence electrons. The summed E-state index contributed by atoms with van der Waals surface area (Å²) in [5, 5.41) is 5.56. The Morgan fingerprint density at radius 3 is 2.32 bits per heavy atom. The van der Waals surface area contributed by atoms with E-state index >= 15 is 0 Å². The Hall–Kier alpha value is -2.77. The van der Waals surface area contributed by atoms with Crippen molar-refractivity contribution in [1.29, 1.82) is 0 Å². The molecule has 1 heterocycles. The molecule has 1 aromatic carbocycles. The first kappa shape index (κ1) is 18.6. The summed E-state index contributed by atoms with van der Waals surface area (Å²) in [4.78, 5) is 15.8. The fraction of sp³-hybridized carbons (Fsp3) is 0.294. The van der Waals surface area contributed by atoms with Gasteiger partial charge in [-0.2, -0.15) is 0 Å². The van der Waals surface area contributed by atoms with E-state index in [0.29, 0.717) is 0 Å². The molecule has 1 amide bonds. The van der Waals surface area contributed by atoms with Crippen LogP contribution in [0.3, 0.4) is 0 Å². The Morgan fingerprint density at radius 2 is 1.80 bits per heavy atom. The third kappa shape index (κ3) is 5.66. The van der Waals surface area contributed by atoms with Crippen molar-refractivity contribution in [3.63, 3.8) is 0 Å². The Balaban J connectivity index is 1.92. The molecule has 0 spiro atoms. The number of anilines is 2. The van der Waals surface area contributed by atoms with Crippen LogP contribution in [0.2, 0.25) is 0 Å². The van der Waals surface area contributed by atoms with Gasteiger partial charge >= 0.3 is 6.36 Å². The summed E-state index contributed by atoms with van der Waals surface area (Å²) >= 11 is 0. The molecule has 0 aliphatic rings. The maximum absolute atomic E-state index is 12.1. The first-order chi connectivity index (χ1) is 11.6. The molecule has 8 heteroatoms. The molecule has 5 nitrogen and oxygen atoms in total. The number of alkyl halides is 3. The largest absolute Gasteiger partial charge is 0.573 e. The number of nitrogens with one attached hydrogen (secondary N) is 2. The van der Waals surface area contributed by atoms with Gasteiger partial charge in [-0.3, -0.25) is 4.79 Å². The predicted molar refractivity (Wildman–Crippen MR) is 88.7 cm³/mol. The number of carbonyl (C=O) groups excluding carboxylic acids is 1. The minimum Gasteiger partial charge on any atom is -0.404 e. The monoisotopic (exact) mass is 353 g/mol. The molecule has 0 unspecified atom stereocenters. The average Bonchev–Trinajstić information content (AvgIpc) is 2.48. The quantitative estimate of drug-likeness (QED) is 0.854. The topological polar surface area (TPSA) is 63.2 Å². The molecule has 2 N–H and O–H groups in total. The van der Waals surface area contributed by atoms with Gasteiger partial charge in [0.1, 0.15) is 11.6 Å². The number of rotatable bonds is 5. The van der Waals surface area contributed by atoms with Crippen LogP contribution in [0.5, 0.6) is 5.75 Å². The van der Waals surface area contributed by atoms with Crippen molar-refractivity contribution in [3.05, 3.63) is 47.2 Å². The van der Waals surface area contributed by atoms with Crippen LogP contribution >= 0.6 is 0 Å². The zero-order valence-electron chi connectivity index (χ0n) is 14.0. The van der Waals surface area contributed by atoms with E-state index in [0.717, 1.165) is 34.6 Å². The summed E-state index contributed by atoms with van der Waals surface area (Å²) in [6.45, 7) is 5.72. The fourth-order valence-electron chi connectivity index (χ4n) is 2.41. The van der Waals surface area contributed by atoms with Crippen LogP contribution < -0.4 is 15.4 Å². The summed E-state index contributed by atoms with van der Waals surface area (Å²) in [5.74, 6) is -0.442. The van der Waals surface area contributed by atoms with Crippen molar-refractivity contribution in [2.24, 2.45) is 0 Å². The summed E-state index contributed by atoms with van der Waals surface area (Å²) in [6.07, 6.45) is -3.83. The number of pyridine rings is 1. The highest BCUT2D eigenvalue weighted by Gasteiger charge is 2.31. The number of amides is 1. The fourth-order valence-corrected chi connectivity index (χ4v) is 2.41. The SMILES string of the molecule is Cc1cc(C)c(NC(=O)CNc2ccc(OC(F)(F)F)cn2)c(C)c1. The van der Waals surface area contributed by atoms with Crippen LogP contribution in [-0.2, 0) is 4.79 Å². The van der Waals surface area contributed by atoms with Crippen LogP contribution in [-0.4, -0.2) is 23.8 Å². The van der Waals surface area contributed by atoms with Gasteiger partial charge in [-0.1, -0.05) is 17.7 Å². The van der Waals surface area contributed by atoms with Gasteiger partial charge in [0.15, 0.2) is 0 Å². The van der Waals surface area contributed by atoms with Crippen LogP contribution in [0.1, 0.15) is 16.7 Å². The van der Waals surface area contributed by atoms with Crippen molar-refractivity contribution in [1.82, 2.24) is 4.98 Å². The van der Waals surface area contributed by atoms with E-state index in [4.69, 9.17) is 0 Å². The van der Waals surface area contributed by atoms with E-state index in [1.165, 1.54) is 6.07 Å². The van der Waals surface area contributed by atoms with Crippen molar-refractivity contribution >= 4 is 17.4 Å². The van der Waals surface area contributed by atoms with Gasteiger partial charge in [-0.15, -0.1) is 13.2 Å². The lowest BCUT2D eigenvalue weighted by atomic mass is 10.1. The zero-order chi connectivity index (χ0) is 18.6. The summed E-state index contributed by atoms with van der Waals surface area (Å²) in [7, 11) is 0. The number of hydrogen-bond donors (Lipinski definition) is 2. The van der Waals surface area contributed by atoms with Crippen molar-refractivity contribution in [3.8, 4) is 5.75 Å². The van der Waals surface area contributed by atoms with Crippen LogP contribution in [0, 0.1) is 20.8 Å². The molecule has 0 radical (unpaired) electrons. The van der Waals surface area contributed by atoms with E-state index in [-0.39, 0.29) is 18.3 Å². The van der Waals surface area contributed by atoms with E-state index in [9.17, 15) is 18.0 Å². The lowest BCUT2D eigenvalue weighted by Crippen LogP contribution is -2.23. The molecular weight excluding hydrogens is 335 g/mol. The average molecular weight is 353 g/mol. The minimum atomic E-state index is -4.76. The molecule has 25 heavy (non-hydrogen) atoms. The Labute approximate surface area is 143 Å². The number of benzene rings is 1. The maximum Gasteiger partial charge on any atom is 0.573 e. The second-order valence-electron chi connectivity index (χ2n) is 5.60. The van der Waals surface area contributed by atoms with Gasteiger partial charge in [0.05, 0.1) is 12.7 Å². The molecule has 0 aliphatic heterocycles. The summed E-state index contributed by atoms with van der Waals surface area (Å²) in [5.41, 5.74) is 3.77. The number of nitrogens with zero attached hydrogens (tertiary/aromatic N) is 1. The smallest absolute Gasteiger partial charge is 0.404 e. The first-order valence-electron chi connectivity index (χ1n) is 7.47. The van der Waals surface area contributed by atoms with Crippen LogP contribution in [0.25, 0.3) is 0 Å². The molecule has 0 aliphatic carbocycles. The minimum absolute atomic E-state index is 0.0702. The third-order valence-electron chi connectivity index (χ3n) is 3.34. The van der Waals surface area contributed by atoms with Crippen LogP contribution in [0.15, 0.2) is 30.5 Å². The molecule has 0 atom stereocenters. The zero-order valence-corrected chi connectivity index (χ0v) is 14.0. The van der Waals surface area contributed by atoms with E-state index in [1.54, 1.807) is 0 Å². The molecule has 0 fully saturated rings. The van der Waals surface area contributed by atoms with Crippen molar-refractivity contribution in [2.45, 2.75) is 27.1 Å². The normalized spacial score (nSPS) is 11.1. The molecule has 0 bridgehead atoms. The van der Waals surface area contributed by atoms with Gasteiger partial charge in [-0.05, 0) is 44.0 Å². The standard InChI is InChI=1S/C17H18F3N3O2/c1-10-6-11(2)16(12(3)7-10)23-15(24)9-22-14-5-4-13(8-21-14)25-17(18,19)20/h4-8H,9H2,1-3H3,(H,21,22)(H,23,24). The number of carbonyl (C=O) groups is 1. The van der Waals surface area contributed by atoms with E-state index in [2.05, 4.69) is 20.4 Å². The number of aromatic nitrogens is 1. The van der Waals surface area contributed by atoms with Gasteiger partial charge in [0.25, 0.3) is 0 Å². The van der Waals surface area contributed by atoms with E-state index < -0.39 is 12.1 Å². The molecule has 0 saturated heterocycles. The number of ether oxygens (including phenoxy) is 1. The first-order valence-corrected chi connectivity index (χ1v) is 7.47. The molecule has 1 aromatic heterocycles.